The summed E-state index contributed by atoms with van der Waals surface area (Å²) in [4.78, 5) is 2.28. The smallest absolute Gasteiger partial charge is 0.122 e. The van der Waals surface area contributed by atoms with Crippen molar-refractivity contribution in [1.29, 1.82) is 0 Å². The fourth-order valence-corrected chi connectivity index (χ4v) is 1.89. The van der Waals surface area contributed by atoms with Gasteiger partial charge < -0.3 is 10.2 Å². The molecule has 0 aliphatic heterocycles. The number of nitrogens with zero attached hydrogens (tertiary/aromatic N) is 1. The van der Waals surface area contributed by atoms with Crippen LogP contribution >= 0.6 is 0 Å². The molecule has 3 heteroatoms. The maximum absolute atomic E-state index is 5.83. The minimum Gasteiger partial charge on any atom is -0.465 e. The number of hydrogen-bond acceptors (Lipinski definition) is 3. The van der Waals surface area contributed by atoms with E-state index in [1.807, 2.05) is 19.1 Å². The molecule has 1 aromatic heterocycles. The van der Waals surface area contributed by atoms with Crippen molar-refractivity contribution in [3.05, 3.63) is 23.7 Å². The topological polar surface area (TPSA) is 42.4 Å². The van der Waals surface area contributed by atoms with Gasteiger partial charge in [0.2, 0.25) is 0 Å². The summed E-state index contributed by atoms with van der Waals surface area (Å²) in [5.74, 6) is 2.62. The lowest BCUT2D eigenvalue weighted by Crippen LogP contribution is -2.33. The van der Waals surface area contributed by atoms with Gasteiger partial charge >= 0.3 is 0 Å². The third-order valence-corrected chi connectivity index (χ3v) is 3.14. The van der Waals surface area contributed by atoms with Gasteiger partial charge in [-0.05, 0) is 32.0 Å². The quantitative estimate of drug-likeness (QED) is 0.807. The van der Waals surface area contributed by atoms with Gasteiger partial charge in [0, 0.05) is 13.1 Å². The molecule has 0 aromatic carbocycles. The van der Waals surface area contributed by atoms with E-state index < -0.39 is 0 Å². The molecule has 16 heavy (non-hydrogen) atoms. The number of likely N-dealkylation sites (N-methyl/N-ethyl adjacent to an activating group) is 1. The van der Waals surface area contributed by atoms with Gasteiger partial charge in [-0.1, -0.05) is 20.3 Å². The van der Waals surface area contributed by atoms with Crippen LogP contribution in [-0.4, -0.2) is 25.0 Å². The van der Waals surface area contributed by atoms with E-state index in [0.29, 0.717) is 12.5 Å². The third kappa shape index (κ3) is 3.35. The molecule has 1 rings (SSSR count). The minimum atomic E-state index is 0.197. The molecule has 3 nitrogen and oxygen atoms in total. The molecule has 0 aliphatic carbocycles. The molecule has 92 valence electrons. The maximum Gasteiger partial charge on any atom is 0.122 e. The van der Waals surface area contributed by atoms with Crippen LogP contribution in [0.25, 0.3) is 0 Å². The molecule has 0 spiro atoms. The molecule has 0 saturated heterocycles. The first kappa shape index (κ1) is 13.3. The fourth-order valence-electron chi connectivity index (χ4n) is 1.89. The van der Waals surface area contributed by atoms with Gasteiger partial charge in [-0.3, -0.25) is 4.90 Å². The van der Waals surface area contributed by atoms with Crippen molar-refractivity contribution >= 4 is 0 Å². The molecular weight excluding hydrogens is 200 g/mol. The molecule has 0 radical (unpaired) electrons. The normalized spacial score (nSPS) is 15.4. The summed E-state index contributed by atoms with van der Waals surface area (Å²) < 4.78 is 5.65. The largest absolute Gasteiger partial charge is 0.465 e. The Morgan fingerprint density at radius 2 is 2.12 bits per heavy atom. The van der Waals surface area contributed by atoms with E-state index in [0.717, 1.165) is 18.1 Å². The highest BCUT2D eigenvalue weighted by Crippen LogP contribution is 2.21. The first-order chi connectivity index (χ1) is 7.58. The molecule has 2 unspecified atom stereocenters. The zero-order valence-corrected chi connectivity index (χ0v) is 10.9. The van der Waals surface area contributed by atoms with Crippen LogP contribution < -0.4 is 5.73 Å². The van der Waals surface area contributed by atoms with Gasteiger partial charge in [-0.2, -0.15) is 0 Å². The summed E-state index contributed by atoms with van der Waals surface area (Å²) in [6, 6.07) is 4.22. The maximum atomic E-state index is 5.83. The molecule has 0 saturated carbocycles. The Morgan fingerprint density at radius 1 is 1.44 bits per heavy atom. The molecule has 2 atom stereocenters. The molecule has 0 amide bonds. The second-order valence-electron chi connectivity index (χ2n) is 4.65. The predicted octanol–water partition coefficient (Wildman–Crippen LogP) is 2.57. The van der Waals surface area contributed by atoms with Crippen molar-refractivity contribution in [3.8, 4) is 0 Å². The second-order valence-corrected chi connectivity index (χ2v) is 4.65. The van der Waals surface area contributed by atoms with Crippen molar-refractivity contribution in [1.82, 2.24) is 4.90 Å². The average Bonchev–Trinajstić information content (AvgIpc) is 2.65. The molecular formula is C13H24N2O. The van der Waals surface area contributed by atoms with E-state index in [2.05, 4.69) is 25.8 Å². The standard InChI is InChI=1S/C13H24N2O/c1-5-10(2)9-15(4)12(8-14)13-7-6-11(3)16-13/h6-7,10,12H,5,8-9,14H2,1-4H3. The number of rotatable bonds is 6. The SMILES string of the molecule is CCC(C)CN(C)C(CN)c1ccc(C)o1. The van der Waals surface area contributed by atoms with Crippen LogP contribution in [0.2, 0.25) is 0 Å². The monoisotopic (exact) mass is 224 g/mol. The molecule has 0 bridgehead atoms. The van der Waals surface area contributed by atoms with Crippen molar-refractivity contribution < 1.29 is 4.42 Å². The second kappa shape index (κ2) is 6.06. The van der Waals surface area contributed by atoms with Gasteiger partial charge in [0.15, 0.2) is 0 Å². The van der Waals surface area contributed by atoms with Crippen LogP contribution in [0.4, 0.5) is 0 Å². The van der Waals surface area contributed by atoms with Gasteiger partial charge in [-0.15, -0.1) is 0 Å². The minimum absolute atomic E-state index is 0.197. The van der Waals surface area contributed by atoms with Crippen LogP contribution in [0.15, 0.2) is 16.5 Å². The van der Waals surface area contributed by atoms with E-state index in [1.165, 1.54) is 6.42 Å². The highest BCUT2D eigenvalue weighted by molar-refractivity contribution is 5.10. The first-order valence-corrected chi connectivity index (χ1v) is 6.05. The summed E-state index contributed by atoms with van der Waals surface area (Å²) in [5, 5.41) is 0. The van der Waals surface area contributed by atoms with Crippen LogP contribution in [0.5, 0.6) is 0 Å². The predicted molar refractivity (Wildman–Crippen MR) is 67.3 cm³/mol. The van der Waals surface area contributed by atoms with Crippen molar-refractivity contribution in [3.63, 3.8) is 0 Å². The summed E-state index contributed by atoms with van der Waals surface area (Å²) in [6.07, 6.45) is 1.19. The average molecular weight is 224 g/mol. The van der Waals surface area contributed by atoms with Gasteiger partial charge in [-0.25, -0.2) is 0 Å². The van der Waals surface area contributed by atoms with E-state index in [9.17, 15) is 0 Å². The summed E-state index contributed by atoms with van der Waals surface area (Å²) in [5.41, 5.74) is 5.83. The summed E-state index contributed by atoms with van der Waals surface area (Å²) in [6.45, 7) is 8.09. The van der Waals surface area contributed by atoms with Crippen LogP contribution in [-0.2, 0) is 0 Å². The lowest BCUT2D eigenvalue weighted by atomic mass is 10.1. The Bertz CT molecular complexity index is 309. The molecule has 0 aliphatic rings. The number of furan rings is 1. The number of aryl methyl sites for hydroxylation is 1. The van der Waals surface area contributed by atoms with E-state index >= 15 is 0 Å². The fraction of sp³-hybridized carbons (Fsp3) is 0.692. The third-order valence-electron chi connectivity index (χ3n) is 3.14. The summed E-state index contributed by atoms with van der Waals surface area (Å²) in [7, 11) is 2.11. The number of nitrogens with two attached hydrogens (primary N) is 1. The molecule has 1 aromatic rings. The zero-order chi connectivity index (χ0) is 12.1. The Morgan fingerprint density at radius 3 is 2.56 bits per heavy atom. The lowest BCUT2D eigenvalue weighted by molar-refractivity contribution is 0.191. The molecule has 2 N–H and O–H groups in total. The highest BCUT2D eigenvalue weighted by atomic mass is 16.3. The van der Waals surface area contributed by atoms with Crippen LogP contribution in [0, 0.1) is 12.8 Å². The van der Waals surface area contributed by atoms with Gasteiger partial charge in [0.1, 0.15) is 11.5 Å². The Balaban J connectivity index is 2.66. The highest BCUT2D eigenvalue weighted by Gasteiger charge is 2.19. The Labute approximate surface area is 98.6 Å². The van der Waals surface area contributed by atoms with Crippen molar-refractivity contribution in [2.45, 2.75) is 33.2 Å². The van der Waals surface area contributed by atoms with Crippen molar-refractivity contribution in [2.24, 2.45) is 11.7 Å². The molecule has 0 fully saturated rings. The first-order valence-electron chi connectivity index (χ1n) is 6.05. The molecule has 1 heterocycles. The summed E-state index contributed by atoms with van der Waals surface area (Å²) >= 11 is 0. The van der Waals surface area contributed by atoms with Crippen LogP contribution in [0.1, 0.15) is 37.8 Å². The van der Waals surface area contributed by atoms with Crippen LogP contribution in [0.3, 0.4) is 0 Å². The zero-order valence-electron chi connectivity index (χ0n) is 10.9. The van der Waals surface area contributed by atoms with E-state index in [4.69, 9.17) is 10.2 Å². The van der Waals surface area contributed by atoms with E-state index in [1.54, 1.807) is 0 Å². The van der Waals surface area contributed by atoms with E-state index in [-0.39, 0.29) is 6.04 Å². The lowest BCUT2D eigenvalue weighted by Gasteiger charge is -2.27. The number of hydrogen-bond donors (Lipinski definition) is 1. The van der Waals surface area contributed by atoms with Crippen molar-refractivity contribution in [2.75, 3.05) is 20.1 Å². The van der Waals surface area contributed by atoms with Gasteiger partial charge in [0.25, 0.3) is 0 Å². The van der Waals surface area contributed by atoms with Gasteiger partial charge in [0.05, 0.1) is 6.04 Å². The Hall–Kier alpha value is -0.800. The Kier molecular flexibility index (Phi) is 5.03.